The second kappa shape index (κ2) is 5.85. The van der Waals surface area contributed by atoms with E-state index < -0.39 is 0 Å². The maximum atomic E-state index is 9.24. The van der Waals surface area contributed by atoms with Crippen LogP contribution in [0.1, 0.15) is 24.5 Å². The fraction of sp³-hybridized carbons (Fsp3) is 0.500. The summed E-state index contributed by atoms with van der Waals surface area (Å²) in [7, 11) is 0. The molecule has 1 atom stereocenters. The highest BCUT2D eigenvalue weighted by atomic mass is 16.5. The van der Waals surface area contributed by atoms with Gasteiger partial charge in [0.15, 0.2) is 0 Å². The summed E-state index contributed by atoms with van der Waals surface area (Å²) in [5.74, 6) is 0. The molecule has 1 fully saturated rings. The second-order valence-electron chi connectivity index (χ2n) is 4.45. The van der Waals surface area contributed by atoms with Crippen molar-refractivity contribution >= 4 is 5.69 Å². The van der Waals surface area contributed by atoms with Crippen molar-refractivity contribution in [3.63, 3.8) is 0 Å². The Kier molecular flexibility index (Phi) is 4.19. The topological polar surface area (TPSA) is 56.5 Å². The van der Waals surface area contributed by atoms with E-state index in [1.54, 1.807) is 6.07 Å². The highest BCUT2D eigenvalue weighted by Gasteiger charge is 2.23. The average molecular weight is 246 g/mol. The molecule has 1 unspecified atom stereocenters. The van der Waals surface area contributed by atoms with E-state index >= 15 is 0 Å². The Hall–Kier alpha value is -1.57. The standard InChI is InChI=1S/C14H18N2O2/c1-2-13-10-18-6-5-16(13)14-4-3-11(9-17)7-12(14)8-15/h3-4,7,13,17H,2,5-6,9-10H2,1H3. The smallest absolute Gasteiger partial charge is 0.101 e. The monoisotopic (exact) mass is 246 g/mol. The zero-order chi connectivity index (χ0) is 13.0. The fourth-order valence-electron chi connectivity index (χ4n) is 2.33. The second-order valence-corrected chi connectivity index (χ2v) is 4.45. The number of nitriles is 1. The van der Waals surface area contributed by atoms with Gasteiger partial charge in [-0.1, -0.05) is 13.0 Å². The Morgan fingerprint density at radius 3 is 3.06 bits per heavy atom. The molecule has 0 spiro atoms. The third kappa shape index (κ3) is 2.47. The van der Waals surface area contributed by atoms with Gasteiger partial charge in [-0.3, -0.25) is 0 Å². The zero-order valence-electron chi connectivity index (χ0n) is 10.6. The molecule has 1 aliphatic heterocycles. The van der Waals surface area contributed by atoms with Gasteiger partial charge in [0.05, 0.1) is 37.1 Å². The molecular weight excluding hydrogens is 228 g/mol. The number of aliphatic hydroxyl groups excluding tert-OH is 1. The van der Waals surface area contributed by atoms with Gasteiger partial charge in [0.2, 0.25) is 0 Å². The molecule has 0 saturated carbocycles. The van der Waals surface area contributed by atoms with Gasteiger partial charge < -0.3 is 14.7 Å². The molecule has 1 N–H and O–H groups in total. The van der Waals surface area contributed by atoms with Gasteiger partial charge in [-0.15, -0.1) is 0 Å². The van der Waals surface area contributed by atoms with Gasteiger partial charge in [0.1, 0.15) is 6.07 Å². The molecule has 4 nitrogen and oxygen atoms in total. The van der Waals surface area contributed by atoms with Crippen LogP contribution in [0.4, 0.5) is 5.69 Å². The lowest BCUT2D eigenvalue weighted by Crippen LogP contribution is -2.45. The van der Waals surface area contributed by atoms with E-state index in [1.807, 2.05) is 12.1 Å². The van der Waals surface area contributed by atoms with Crippen LogP contribution in [-0.4, -0.2) is 30.9 Å². The Morgan fingerprint density at radius 1 is 1.56 bits per heavy atom. The van der Waals surface area contributed by atoms with Crippen LogP contribution in [0.5, 0.6) is 0 Å². The molecular formula is C14H18N2O2. The van der Waals surface area contributed by atoms with Gasteiger partial charge in [-0.05, 0) is 24.1 Å². The summed E-state index contributed by atoms with van der Waals surface area (Å²) in [6, 6.07) is 8.11. The molecule has 18 heavy (non-hydrogen) atoms. The quantitative estimate of drug-likeness (QED) is 0.881. The number of benzene rings is 1. The van der Waals surface area contributed by atoms with Crippen LogP contribution < -0.4 is 4.90 Å². The van der Waals surface area contributed by atoms with Crippen LogP contribution in [0.25, 0.3) is 0 Å². The maximum absolute atomic E-state index is 9.24. The highest BCUT2D eigenvalue weighted by Crippen LogP contribution is 2.26. The predicted octanol–water partition coefficient (Wildman–Crippen LogP) is 1.67. The molecule has 0 aromatic heterocycles. The summed E-state index contributed by atoms with van der Waals surface area (Å²) in [5, 5.41) is 18.4. The van der Waals surface area contributed by atoms with Gasteiger partial charge in [0.25, 0.3) is 0 Å². The lowest BCUT2D eigenvalue weighted by Gasteiger charge is -2.37. The van der Waals surface area contributed by atoms with Crippen LogP contribution in [0, 0.1) is 11.3 Å². The molecule has 4 heteroatoms. The first kappa shape index (κ1) is 12.9. The minimum atomic E-state index is -0.0325. The third-order valence-electron chi connectivity index (χ3n) is 3.37. The Morgan fingerprint density at radius 2 is 2.39 bits per heavy atom. The summed E-state index contributed by atoms with van der Waals surface area (Å²) >= 11 is 0. The summed E-state index contributed by atoms with van der Waals surface area (Å²) in [4.78, 5) is 2.24. The van der Waals surface area contributed by atoms with E-state index in [4.69, 9.17) is 9.84 Å². The van der Waals surface area contributed by atoms with Crippen molar-refractivity contribution in [3.8, 4) is 6.07 Å². The molecule has 1 aromatic rings. The molecule has 1 aliphatic rings. The van der Waals surface area contributed by atoms with Crippen molar-refractivity contribution in [2.24, 2.45) is 0 Å². The van der Waals surface area contributed by atoms with E-state index in [-0.39, 0.29) is 6.61 Å². The van der Waals surface area contributed by atoms with Crippen molar-refractivity contribution in [1.29, 1.82) is 5.26 Å². The fourth-order valence-corrected chi connectivity index (χ4v) is 2.33. The lowest BCUT2D eigenvalue weighted by atomic mass is 10.1. The lowest BCUT2D eigenvalue weighted by molar-refractivity contribution is 0.0929. The first-order chi connectivity index (χ1) is 8.80. The largest absolute Gasteiger partial charge is 0.392 e. The minimum absolute atomic E-state index is 0.0325. The van der Waals surface area contributed by atoms with Crippen molar-refractivity contribution in [1.82, 2.24) is 0 Å². The molecule has 1 aromatic carbocycles. The Balaban J connectivity index is 2.34. The molecule has 1 heterocycles. The van der Waals surface area contributed by atoms with Crippen LogP contribution >= 0.6 is 0 Å². The van der Waals surface area contributed by atoms with Gasteiger partial charge >= 0.3 is 0 Å². The maximum Gasteiger partial charge on any atom is 0.101 e. The Labute approximate surface area is 107 Å². The van der Waals surface area contributed by atoms with Crippen LogP contribution in [0.15, 0.2) is 18.2 Å². The zero-order valence-corrected chi connectivity index (χ0v) is 10.6. The summed E-state index contributed by atoms with van der Waals surface area (Å²) < 4.78 is 5.48. The third-order valence-corrected chi connectivity index (χ3v) is 3.37. The normalized spacial score (nSPS) is 19.6. The molecule has 1 saturated heterocycles. The van der Waals surface area contributed by atoms with Gasteiger partial charge in [-0.25, -0.2) is 0 Å². The van der Waals surface area contributed by atoms with Crippen molar-refractivity contribution in [3.05, 3.63) is 29.3 Å². The molecule has 0 amide bonds. The van der Waals surface area contributed by atoms with E-state index in [2.05, 4.69) is 17.9 Å². The van der Waals surface area contributed by atoms with E-state index in [0.29, 0.717) is 24.8 Å². The first-order valence-corrected chi connectivity index (χ1v) is 6.28. The number of morpholine rings is 1. The average Bonchev–Trinajstić information content (AvgIpc) is 2.46. The van der Waals surface area contributed by atoms with Gasteiger partial charge in [0, 0.05) is 6.54 Å². The number of nitrogens with zero attached hydrogens (tertiary/aromatic N) is 2. The summed E-state index contributed by atoms with van der Waals surface area (Å²) in [6.07, 6.45) is 0.993. The number of aliphatic hydroxyl groups is 1. The van der Waals surface area contributed by atoms with Crippen molar-refractivity contribution in [2.75, 3.05) is 24.7 Å². The summed E-state index contributed by atoms with van der Waals surface area (Å²) in [5.41, 5.74) is 2.35. The number of rotatable bonds is 3. The van der Waals surface area contributed by atoms with Crippen LogP contribution in [-0.2, 0) is 11.3 Å². The molecule has 0 bridgehead atoms. The van der Waals surface area contributed by atoms with Crippen molar-refractivity contribution < 1.29 is 9.84 Å². The predicted molar refractivity (Wildman–Crippen MR) is 69.3 cm³/mol. The van der Waals surface area contributed by atoms with E-state index in [1.165, 1.54) is 0 Å². The number of anilines is 1. The highest BCUT2D eigenvalue weighted by molar-refractivity contribution is 5.61. The van der Waals surface area contributed by atoms with Crippen LogP contribution in [0.2, 0.25) is 0 Å². The number of ether oxygens (including phenoxy) is 1. The SMILES string of the molecule is CCC1COCCN1c1ccc(CO)cc1C#N. The number of hydrogen-bond donors (Lipinski definition) is 1. The van der Waals surface area contributed by atoms with Gasteiger partial charge in [-0.2, -0.15) is 5.26 Å². The van der Waals surface area contributed by atoms with Crippen LogP contribution in [0.3, 0.4) is 0 Å². The molecule has 0 aliphatic carbocycles. The van der Waals surface area contributed by atoms with E-state index in [0.717, 1.165) is 24.2 Å². The first-order valence-electron chi connectivity index (χ1n) is 6.28. The van der Waals surface area contributed by atoms with E-state index in [9.17, 15) is 5.26 Å². The molecule has 96 valence electrons. The minimum Gasteiger partial charge on any atom is -0.392 e. The Bertz CT molecular complexity index is 454. The molecule has 2 rings (SSSR count). The molecule has 0 radical (unpaired) electrons. The number of hydrogen-bond acceptors (Lipinski definition) is 4. The summed E-state index contributed by atoms with van der Waals surface area (Å²) in [6.45, 7) is 4.31. The van der Waals surface area contributed by atoms with Crippen molar-refractivity contribution in [2.45, 2.75) is 26.0 Å².